The van der Waals surface area contributed by atoms with Gasteiger partial charge in [0, 0.05) is 18.2 Å². The van der Waals surface area contributed by atoms with Gasteiger partial charge in [0.05, 0.1) is 0 Å². The van der Waals surface area contributed by atoms with E-state index in [0.29, 0.717) is 18.0 Å². The third-order valence-corrected chi connectivity index (χ3v) is 2.52. The van der Waals surface area contributed by atoms with Gasteiger partial charge in [0.2, 0.25) is 0 Å². The minimum Gasteiger partial charge on any atom is -0.312 e. The van der Waals surface area contributed by atoms with E-state index in [-0.39, 0.29) is 0 Å². The molecule has 1 nitrogen and oxygen atoms in total. The molecule has 0 aliphatic heterocycles. The molecule has 0 heterocycles. The van der Waals surface area contributed by atoms with E-state index in [1.54, 1.807) is 0 Å². The molecule has 0 amide bonds. The molecule has 0 aliphatic rings. The molecule has 0 aromatic heterocycles. The van der Waals surface area contributed by atoms with Crippen LogP contribution < -0.4 is 5.32 Å². The molecule has 1 N–H and O–H groups in total. The van der Waals surface area contributed by atoms with Gasteiger partial charge >= 0.3 is 0 Å². The number of hydrogen-bond donors (Lipinski definition) is 1. The van der Waals surface area contributed by atoms with Crippen LogP contribution in [0, 0.1) is 17.6 Å². The summed E-state index contributed by atoms with van der Waals surface area (Å²) in [6.07, 6.45) is 1.10. The molecule has 15 heavy (non-hydrogen) atoms. The monoisotopic (exact) mass is 213 g/mol. The van der Waals surface area contributed by atoms with Crippen LogP contribution in [0.4, 0.5) is 8.78 Å². The van der Waals surface area contributed by atoms with Crippen molar-refractivity contribution in [1.82, 2.24) is 5.32 Å². The molecule has 0 saturated heterocycles. The van der Waals surface area contributed by atoms with Crippen molar-refractivity contribution in [2.75, 3.05) is 6.54 Å². The summed E-state index contributed by atoms with van der Waals surface area (Å²) in [5, 5.41) is 3.15. The maximum atomic E-state index is 13.2. The first-order valence-corrected chi connectivity index (χ1v) is 5.28. The molecule has 1 aromatic rings. The summed E-state index contributed by atoms with van der Waals surface area (Å²) in [5.41, 5.74) is 0.514. The van der Waals surface area contributed by atoms with Crippen LogP contribution in [0.2, 0.25) is 0 Å². The Morgan fingerprint density at radius 1 is 1.33 bits per heavy atom. The standard InChI is InChI=1S/C12H17F2N/c1-3-9(2)7-15-8-10-4-5-11(13)6-12(10)14/h4-6,9,15H,3,7-8H2,1-2H3/t9-/m0/s1. The Kier molecular flexibility index (Phi) is 4.69. The van der Waals surface area contributed by atoms with E-state index in [2.05, 4.69) is 19.2 Å². The first-order chi connectivity index (χ1) is 7.13. The van der Waals surface area contributed by atoms with Crippen molar-refractivity contribution >= 4 is 0 Å². The van der Waals surface area contributed by atoms with Crippen LogP contribution in [0.1, 0.15) is 25.8 Å². The minimum absolute atomic E-state index is 0.455. The summed E-state index contributed by atoms with van der Waals surface area (Å²) in [6, 6.07) is 3.68. The van der Waals surface area contributed by atoms with E-state index in [1.807, 2.05) is 0 Å². The van der Waals surface area contributed by atoms with E-state index < -0.39 is 11.6 Å². The van der Waals surface area contributed by atoms with Gasteiger partial charge < -0.3 is 5.32 Å². The lowest BCUT2D eigenvalue weighted by molar-refractivity contribution is 0.490. The van der Waals surface area contributed by atoms with Crippen LogP contribution in [0.25, 0.3) is 0 Å². The Morgan fingerprint density at radius 3 is 2.67 bits per heavy atom. The fraction of sp³-hybridized carbons (Fsp3) is 0.500. The zero-order valence-corrected chi connectivity index (χ0v) is 9.19. The lowest BCUT2D eigenvalue weighted by Crippen LogP contribution is -2.20. The highest BCUT2D eigenvalue weighted by molar-refractivity contribution is 5.18. The normalized spacial score (nSPS) is 12.8. The second-order valence-corrected chi connectivity index (χ2v) is 3.88. The molecule has 1 aromatic carbocycles. The molecule has 0 fully saturated rings. The van der Waals surface area contributed by atoms with Gasteiger partial charge in [-0.05, 0) is 18.5 Å². The van der Waals surface area contributed by atoms with Crippen LogP contribution in [-0.4, -0.2) is 6.54 Å². The molecule has 0 aliphatic carbocycles. The third-order valence-electron chi connectivity index (χ3n) is 2.52. The van der Waals surface area contributed by atoms with E-state index in [9.17, 15) is 8.78 Å². The molecule has 0 unspecified atom stereocenters. The van der Waals surface area contributed by atoms with Gasteiger partial charge in [-0.25, -0.2) is 8.78 Å². The van der Waals surface area contributed by atoms with Crippen LogP contribution in [-0.2, 0) is 6.54 Å². The molecule has 3 heteroatoms. The van der Waals surface area contributed by atoms with Gasteiger partial charge in [-0.2, -0.15) is 0 Å². The first kappa shape index (κ1) is 12.1. The first-order valence-electron chi connectivity index (χ1n) is 5.28. The van der Waals surface area contributed by atoms with Gasteiger partial charge in [0.1, 0.15) is 11.6 Å². The molecular weight excluding hydrogens is 196 g/mol. The Morgan fingerprint density at radius 2 is 2.07 bits per heavy atom. The van der Waals surface area contributed by atoms with Crippen molar-refractivity contribution in [3.8, 4) is 0 Å². The predicted octanol–water partition coefficient (Wildman–Crippen LogP) is 3.10. The van der Waals surface area contributed by atoms with Crippen molar-refractivity contribution in [1.29, 1.82) is 0 Å². The molecule has 84 valence electrons. The topological polar surface area (TPSA) is 12.0 Å². The smallest absolute Gasteiger partial charge is 0.130 e. The van der Waals surface area contributed by atoms with E-state index >= 15 is 0 Å². The van der Waals surface area contributed by atoms with E-state index in [0.717, 1.165) is 19.0 Å². The van der Waals surface area contributed by atoms with Gasteiger partial charge in [0.15, 0.2) is 0 Å². The lowest BCUT2D eigenvalue weighted by atomic mass is 10.1. The summed E-state index contributed by atoms with van der Waals surface area (Å²) in [4.78, 5) is 0. The number of hydrogen-bond acceptors (Lipinski definition) is 1. The van der Waals surface area contributed by atoms with Gasteiger partial charge in [-0.15, -0.1) is 0 Å². The number of rotatable bonds is 5. The van der Waals surface area contributed by atoms with Gasteiger partial charge in [-0.3, -0.25) is 0 Å². The van der Waals surface area contributed by atoms with Gasteiger partial charge in [0.25, 0.3) is 0 Å². The SMILES string of the molecule is CC[C@H](C)CNCc1ccc(F)cc1F. The Bertz CT molecular complexity index is 312. The molecule has 1 atom stereocenters. The summed E-state index contributed by atoms with van der Waals surface area (Å²) in [7, 11) is 0. The third kappa shape index (κ3) is 3.96. The zero-order valence-electron chi connectivity index (χ0n) is 9.19. The largest absolute Gasteiger partial charge is 0.312 e. The highest BCUT2D eigenvalue weighted by Crippen LogP contribution is 2.09. The minimum atomic E-state index is -0.529. The molecule has 0 radical (unpaired) electrons. The quantitative estimate of drug-likeness (QED) is 0.792. The zero-order chi connectivity index (χ0) is 11.3. The van der Waals surface area contributed by atoms with Crippen molar-refractivity contribution < 1.29 is 8.78 Å². The fourth-order valence-electron chi connectivity index (χ4n) is 1.26. The summed E-state index contributed by atoms with van der Waals surface area (Å²) < 4.78 is 25.8. The lowest BCUT2D eigenvalue weighted by Gasteiger charge is -2.10. The van der Waals surface area contributed by atoms with Crippen molar-refractivity contribution in [3.63, 3.8) is 0 Å². The number of halogens is 2. The molecular formula is C12H17F2N. The fourth-order valence-corrected chi connectivity index (χ4v) is 1.26. The van der Waals surface area contributed by atoms with Crippen LogP contribution in [0.5, 0.6) is 0 Å². The number of benzene rings is 1. The summed E-state index contributed by atoms with van der Waals surface area (Å²) in [6.45, 7) is 5.56. The summed E-state index contributed by atoms with van der Waals surface area (Å²) in [5.74, 6) is -0.432. The Labute approximate surface area is 89.5 Å². The maximum absolute atomic E-state index is 13.2. The second kappa shape index (κ2) is 5.81. The predicted molar refractivity (Wildman–Crippen MR) is 57.5 cm³/mol. The molecule has 0 bridgehead atoms. The number of nitrogens with one attached hydrogen (secondary N) is 1. The maximum Gasteiger partial charge on any atom is 0.130 e. The van der Waals surface area contributed by atoms with Crippen LogP contribution >= 0.6 is 0 Å². The van der Waals surface area contributed by atoms with Crippen molar-refractivity contribution in [2.24, 2.45) is 5.92 Å². The average Bonchev–Trinajstić information content (AvgIpc) is 2.21. The van der Waals surface area contributed by atoms with Crippen molar-refractivity contribution in [3.05, 3.63) is 35.4 Å². The highest BCUT2D eigenvalue weighted by atomic mass is 19.1. The second-order valence-electron chi connectivity index (χ2n) is 3.88. The average molecular weight is 213 g/mol. The molecule has 1 rings (SSSR count). The molecule has 0 saturated carbocycles. The van der Waals surface area contributed by atoms with Crippen LogP contribution in [0.15, 0.2) is 18.2 Å². The highest BCUT2D eigenvalue weighted by Gasteiger charge is 2.04. The van der Waals surface area contributed by atoms with Crippen molar-refractivity contribution in [2.45, 2.75) is 26.8 Å². The van der Waals surface area contributed by atoms with Gasteiger partial charge in [-0.1, -0.05) is 26.3 Å². The van der Waals surface area contributed by atoms with E-state index in [1.165, 1.54) is 12.1 Å². The van der Waals surface area contributed by atoms with E-state index in [4.69, 9.17) is 0 Å². The molecule has 0 spiro atoms. The summed E-state index contributed by atoms with van der Waals surface area (Å²) >= 11 is 0. The Balaban J connectivity index is 2.44. The van der Waals surface area contributed by atoms with Crippen LogP contribution in [0.3, 0.4) is 0 Å². The Hall–Kier alpha value is -0.960.